The summed E-state index contributed by atoms with van der Waals surface area (Å²) in [6.07, 6.45) is 1.83. The lowest BCUT2D eigenvalue weighted by molar-refractivity contribution is 0.354. The Morgan fingerprint density at radius 3 is 2.33 bits per heavy atom. The minimum absolute atomic E-state index is 0.0318. The van der Waals surface area contributed by atoms with Crippen LogP contribution in [0.4, 0.5) is 10.1 Å². The van der Waals surface area contributed by atoms with Crippen molar-refractivity contribution in [2.75, 3.05) is 19.1 Å². The summed E-state index contributed by atoms with van der Waals surface area (Å²) in [5.74, 6) is 1.11. The Hall–Kier alpha value is -2.56. The number of nitrogens with zero attached hydrogens (tertiary/aromatic N) is 2. The van der Waals surface area contributed by atoms with Crippen LogP contribution in [-0.4, -0.2) is 26.6 Å². The van der Waals surface area contributed by atoms with E-state index < -0.39 is 0 Å². The van der Waals surface area contributed by atoms with Gasteiger partial charge in [-0.15, -0.1) is 0 Å². The molecule has 0 N–H and O–H groups in total. The molecule has 0 fully saturated rings. The lowest BCUT2D eigenvalue weighted by atomic mass is 10.0. The number of hydrogen-bond acceptors (Lipinski definition) is 4. The van der Waals surface area contributed by atoms with Gasteiger partial charge in [0.1, 0.15) is 12.0 Å². The maximum Gasteiger partial charge on any atom is 0.162 e. The molecule has 0 saturated carbocycles. The van der Waals surface area contributed by atoms with Crippen LogP contribution in [0.25, 0.3) is 0 Å². The molecular weight excluding hydrogens is 307 g/mol. The van der Waals surface area contributed by atoms with Crippen LogP contribution in [0.15, 0.2) is 41.4 Å². The van der Waals surface area contributed by atoms with Gasteiger partial charge in [-0.3, -0.25) is 4.99 Å². The molecule has 1 aliphatic rings. The van der Waals surface area contributed by atoms with E-state index in [0.29, 0.717) is 11.5 Å². The summed E-state index contributed by atoms with van der Waals surface area (Å²) in [5, 5.41) is 0. The van der Waals surface area contributed by atoms with Crippen LogP contribution in [0.1, 0.15) is 31.0 Å². The van der Waals surface area contributed by atoms with Gasteiger partial charge in [0.2, 0.25) is 0 Å². The van der Waals surface area contributed by atoms with Gasteiger partial charge in [-0.25, -0.2) is 4.39 Å². The number of benzene rings is 2. The van der Waals surface area contributed by atoms with E-state index in [2.05, 4.69) is 16.8 Å². The number of aliphatic imine (C=N–C) groups is 1. The molecule has 24 heavy (non-hydrogen) atoms. The van der Waals surface area contributed by atoms with Crippen LogP contribution in [0.3, 0.4) is 0 Å². The minimum atomic E-state index is -0.234. The second-order valence-corrected chi connectivity index (χ2v) is 5.81. The molecule has 2 aromatic carbocycles. The summed E-state index contributed by atoms with van der Waals surface area (Å²) in [6.45, 7) is 4.13. The van der Waals surface area contributed by atoms with Crippen LogP contribution < -0.4 is 14.4 Å². The zero-order valence-electron chi connectivity index (χ0n) is 14.3. The molecule has 0 radical (unpaired) electrons. The van der Waals surface area contributed by atoms with Gasteiger partial charge >= 0.3 is 0 Å². The van der Waals surface area contributed by atoms with Crippen molar-refractivity contribution in [1.29, 1.82) is 0 Å². The van der Waals surface area contributed by atoms with Crippen LogP contribution in [-0.2, 0) is 0 Å². The molecule has 0 aromatic heterocycles. The molecule has 1 heterocycles. The van der Waals surface area contributed by atoms with Crippen LogP contribution in [0, 0.1) is 5.82 Å². The molecule has 2 aromatic rings. The Kier molecular flexibility index (Phi) is 4.42. The average molecular weight is 328 g/mol. The third-order valence-electron chi connectivity index (χ3n) is 4.41. The second kappa shape index (κ2) is 6.51. The first-order valence-corrected chi connectivity index (χ1v) is 7.88. The van der Waals surface area contributed by atoms with E-state index in [1.54, 1.807) is 14.2 Å². The van der Waals surface area contributed by atoms with Crippen molar-refractivity contribution in [3.63, 3.8) is 0 Å². The molecule has 126 valence electrons. The van der Waals surface area contributed by atoms with Gasteiger partial charge in [0.25, 0.3) is 0 Å². The first kappa shape index (κ1) is 16.3. The Balaban J connectivity index is 2.06. The third-order valence-corrected chi connectivity index (χ3v) is 4.41. The highest BCUT2D eigenvalue weighted by Crippen LogP contribution is 2.40. The first-order chi connectivity index (χ1) is 11.5. The van der Waals surface area contributed by atoms with Crippen molar-refractivity contribution >= 4 is 11.9 Å². The van der Waals surface area contributed by atoms with Gasteiger partial charge in [-0.2, -0.15) is 0 Å². The number of methoxy groups -OCH3 is 2. The zero-order chi connectivity index (χ0) is 17.3. The van der Waals surface area contributed by atoms with E-state index in [-0.39, 0.29) is 18.0 Å². The van der Waals surface area contributed by atoms with Gasteiger partial charge in [-0.1, -0.05) is 12.1 Å². The normalized spacial score (nSPS) is 17.4. The number of rotatable bonds is 4. The van der Waals surface area contributed by atoms with E-state index in [0.717, 1.165) is 16.8 Å². The highest BCUT2D eigenvalue weighted by molar-refractivity contribution is 5.92. The van der Waals surface area contributed by atoms with E-state index >= 15 is 0 Å². The van der Waals surface area contributed by atoms with Gasteiger partial charge in [0.15, 0.2) is 11.5 Å². The predicted octanol–water partition coefficient (Wildman–Crippen LogP) is 4.19. The second-order valence-electron chi connectivity index (χ2n) is 5.81. The van der Waals surface area contributed by atoms with Crippen LogP contribution in [0.2, 0.25) is 0 Å². The predicted molar refractivity (Wildman–Crippen MR) is 93.9 cm³/mol. The van der Waals surface area contributed by atoms with E-state index in [9.17, 15) is 4.39 Å². The van der Waals surface area contributed by atoms with Crippen molar-refractivity contribution in [2.45, 2.75) is 26.1 Å². The molecule has 5 heteroatoms. The summed E-state index contributed by atoms with van der Waals surface area (Å²) in [6, 6.07) is 10.5. The van der Waals surface area contributed by atoms with E-state index in [1.807, 2.05) is 37.4 Å². The Labute approximate surface area is 141 Å². The van der Waals surface area contributed by atoms with Crippen molar-refractivity contribution in [2.24, 2.45) is 4.99 Å². The van der Waals surface area contributed by atoms with Gasteiger partial charge in [-0.05, 0) is 37.6 Å². The van der Waals surface area contributed by atoms with E-state index in [1.165, 1.54) is 12.1 Å². The van der Waals surface area contributed by atoms with Crippen molar-refractivity contribution in [3.05, 3.63) is 53.3 Å². The molecule has 4 nitrogen and oxygen atoms in total. The molecule has 0 amide bonds. The van der Waals surface area contributed by atoms with Gasteiger partial charge < -0.3 is 14.4 Å². The molecule has 3 rings (SSSR count). The van der Waals surface area contributed by atoms with Crippen molar-refractivity contribution in [1.82, 2.24) is 0 Å². The summed E-state index contributed by atoms with van der Waals surface area (Å²) in [5.41, 5.74) is 3.02. The molecule has 1 aliphatic heterocycles. The molecule has 0 bridgehead atoms. The fourth-order valence-corrected chi connectivity index (χ4v) is 3.11. The molecular formula is C19H21FN2O2. The summed E-state index contributed by atoms with van der Waals surface area (Å²) in [7, 11) is 3.24. The first-order valence-electron chi connectivity index (χ1n) is 7.88. The maximum atomic E-state index is 13.2. The Morgan fingerprint density at radius 1 is 1.08 bits per heavy atom. The molecule has 2 unspecified atom stereocenters. The standard InChI is InChI=1S/C19H21FN2O2/c1-12(14-5-7-16(20)8-6-14)22-13(2)21-11-15-9-18(23-3)19(24-4)10-17(15)22/h5-13H,1-4H3. The quantitative estimate of drug-likeness (QED) is 0.844. The summed E-state index contributed by atoms with van der Waals surface area (Å²) in [4.78, 5) is 6.78. The van der Waals surface area contributed by atoms with Crippen LogP contribution >= 0.6 is 0 Å². The highest BCUT2D eigenvalue weighted by atomic mass is 19.1. The average Bonchev–Trinajstić information content (AvgIpc) is 2.60. The Morgan fingerprint density at radius 2 is 1.71 bits per heavy atom. The van der Waals surface area contributed by atoms with Crippen molar-refractivity contribution < 1.29 is 13.9 Å². The SMILES string of the molecule is COc1cc2c(cc1OC)N(C(C)c1ccc(F)cc1)C(C)N=C2. The molecule has 0 saturated heterocycles. The summed E-state index contributed by atoms with van der Waals surface area (Å²) < 4.78 is 24.0. The van der Waals surface area contributed by atoms with Crippen molar-refractivity contribution in [3.8, 4) is 11.5 Å². The van der Waals surface area contributed by atoms with Gasteiger partial charge in [0.05, 0.1) is 25.9 Å². The third kappa shape index (κ3) is 2.82. The molecule has 0 aliphatic carbocycles. The smallest absolute Gasteiger partial charge is 0.162 e. The lowest BCUT2D eigenvalue weighted by Gasteiger charge is -2.38. The lowest BCUT2D eigenvalue weighted by Crippen LogP contribution is -2.37. The van der Waals surface area contributed by atoms with Gasteiger partial charge in [0, 0.05) is 17.8 Å². The number of fused-ring (bicyclic) bond motifs is 1. The van der Waals surface area contributed by atoms with Crippen LogP contribution in [0.5, 0.6) is 11.5 Å². The fraction of sp³-hybridized carbons (Fsp3) is 0.316. The summed E-state index contributed by atoms with van der Waals surface area (Å²) >= 11 is 0. The fourth-order valence-electron chi connectivity index (χ4n) is 3.11. The number of halogens is 1. The number of anilines is 1. The zero-order valence-corrected chi connectivity index (χ0v) is 14.3. The number of hydrogen-bond donors (Lipinski definition) is 0. The molecule has 0 spiro atoms. The largest absolute Gasteiger partial charge is 0.493 e. The maximum absolute atomic E-state index is 13.2. The topological polar surface area (TPSA) is 34.1 Å². The minimum Gasteiger partial charge on any atom is -0.493 e. The number of ether oxygens (including phenoxy) is 2. The van der Waals surface area contributed by atoms with E-state index in [4.69, 9.17) is 9.47 Å². The Bertz CT molecular complexity index is 759. The molecule has 2 atom stereocenters. The monoisotopic (exact) mass is 328 g/mol. The highest BCUT2D eigenvalue weighted by Gasteiger charge is 2.27.